The van der Waals surface area contributed by atoms with Crippen molar-refractivity contribution in [3.05, 3.63) is 71.5 Å². The van der Waals surface area contributed by atoms with Crippen molar-refractivity contribution in [2.24, 2.45) is 0 Å². The van der Waals surface area contributed by atoms with Crippen LogP contribution in [-0.2, 0) is 9.53 Å². The number of amides is 2. The average molecular weight is 476 g/mol. The fourth-order valence-corrected chi connectivity index (χ4v) is 4.62. The van der Waals surface area contributed by atoms with Gasteiger partial charge in [-0.1, -0.05) is 53.7 Å². The number of hydrogen-bond donors (Lipinski definition) is 2. The van der Waals surface area contributed by atoms with Gasteiger partial charge in [-0.05, 0) is 28.7 Å². The molecule has 10 heteroatoms. The molecule has 0 unspecified atom stereocenters. The highest BCUT2D eigenvalue weighted by molar-refractivity contribution is 5.84. The molecule has 0 bridgehead atoms. The highest BCUT2D eigenvalue weighted by atomic mass is 16.5. The van der Waals surface area contributed by atoms with E-state index in [1.54, 1.807) is 4.90 Å². The van der Waals surface area contributed by atoms with Gasteiger partial charge in [0.15, 0.2) is 5.69 Å². The minimum absolute atomic E-state index is 0.00524. The van der Waals surface area contributed by atoms with Gasteiger partial charge in [-0.15, -0.1) is 5.10 Å². The number of rotatable bonds is 8. The lowest BCUT2D eigenvalue weighted by molar-refractivity contribution is -0.137. The molecule has 2 aliphatic rings. The largest absolute Gasteiger partial charge is 0.476 e. The quantitative estimate of drug-likeness (QED) is 0.480. The van der Waals surface area contributed by atoms with Crippen molar-refractivity contribution in [3.8, 4) is 11.1 Å². The molecule has 1 aromatic heterocycles. The fraction of sp³-hybridized carbons (Fsp3) is 0.320. The Balaban J connectivity index is 1.02. The number of benzene rings is 2. The molecule has 1 aliphatic carbocycles. The molecule has 0 saturated carbocycles. The van der Waals surface area contributed by atoms with Gasteiger partial charge in [0, 0.05) is 32.0 Å². The zero-order valence-corrected chi connectivity index (χ0v) is 19.0. The lowest BCUT2D eigenvalue weighted by Gasteiger charge is -2.38. The summed E-state index contributed by atoms with van der Waals surface area (Å²) in [5.41, 5.74) is 4.55. The number of hydrogen-bond acceptors (Lipinski definition) is 6. The summed E-state index contributed by atoms with van der Waals surface area (Å²) in [5, 5.41) is 19.0. The summed E-state index contributed by atoms with van der Waals surface area (Å²) in [5.74, 6) is -1.15. The maximum atomic E-state index is 12.3. The van der Waals surface area contributed by atoms with Crippen LogP contribution in [-0.4, -0.2) is 69.2 Å². The number of aromatic nitrogens is 3. The van der Waals surface area contributed by atoms with Crippen LogP contribution >= 0.6 is 0 Å². The predicted octanol–water partition coefficient (Wildman–Crippen LogP) is 2.68. The average Bonchev–Trinajstić information content (AvgIpc) is 3.43. The van der Waals surface area contributed by atoms with Crippen LogP contribution < -0.4 is 5.32 Å². The number of carboxylic acids is 1. The first-order valence-corrected chi connectivity index (χ1v) is 11.5. The first kappa shape index (κ1) is 22.6. The monoisotopic (exact) mass is 475 g/mol. The van der Waals surface area contributed by atoms with Crippen molar-refractivity contribution in [2.45, 2.75) is 24.8 Å². The summed E-state index contributed by atoms with van der Waals surface area (Å²) in [7, 11) is 0. The minimum Gasteiger partial charge on any atom is -0.476 e. The van der Waals surface area contributed by atoms with E-state index in [9.17, 15) is 14.4 Å². The van der Waals surface area contributed by atoms with Gasteiger partial charge in [-0.25, -0.2) is 14.3 Å². The normalized spacial score (nSPS) is 14.7. The summed E-state index contributed by atoms with van der Waals surface area (Å²) in [6.45, 7) is 1.51. The molecule has 1 aliphatic heterocycles. The third-order valence-corrected chi connectivity index (χ3v) is 6.50. The van der Waals surface area contributed by atoms with Crippen molar-refractivity contribution in [3.63, 3.8) is 0 Å². The van der Waals surface area contributed by atoms with Gasteiger partial charge in [0.1, 0.15) is 6.61 Å². The SMILES string of the molecule is O=C(NCCCC(=O)N1CC(n2cc(C(=O)O)nn2)C1)OCC1c2ccccc2-c2ccccc21. The van der Waals surface area contributed by atoms with Gasteiger partial charge in [0.05, 0.1) is 12.2 Å². The number of nitrogens with one attached hydrogen (secondary N) is 1. The molecule has 1 fully saturated rings. The third-order valence-electron chi connectivity index (χ3n) is 6.50. The fourth-order valence-electron chi connectivity index (χ4n) is 4.62. The zero-order valence-electron chi connectivity index (χ0n) is 19.0. The molecule has 2 N–H and O–H groups in total. The number of fused-ring (bicyclic) bond motifs is 3. The summed E-state index contributed by atoms with van der Waals surface area (Å²) in [6, 6.07) is 16.3. The molecule has 2 heterocycles. The molecule has 2 amide bonds. The molecule has 2 aromatic carbocycles. The molecule has 3 aromatic rings. The molecule has 180 valence electrons. The minimum atomic E-state index is -1.13. The van der Waals surface area contributed by atoms with Crippen molar-refractivity contribution >= 4 is 18.0 Å². The number of ether oxygens (including phenoxy) is 1. The second kappa shape index (κ2) is 9.57. The van der Waals surface area contributed by atoms with Crippen LogP contribution in [0, 0.1) is 0 Å². The van der Waals surface area contributed by atoms with Gasteiger partial charge in [-0.2, -0.15) is 0 Å². The first-order valence-electron chi connectivity index (χ1n) is 11.5. The van der Waals surface area contributed by atoms with Gasteiger partial charge in [0.25, 0.3) is 0 Å². The smallest absolute Gasteiger partial charge is 0.407 e. The Labute approximate surface area is 201 Å². The Bertz CT molecular complexity index is 1220. The van der Waals surface area contributed by atoms with Crippen LogP contribution in [0.4, 0.5) is 4.79 Å². The van der Waals surface area contributed by atoms with Crippen LogP contribution in [0.2, 0.25) is 0 Å². The highest BCUT2D eigenvalue weighted by Gasteiger charge is 2.33. The molecule has 35 heavy (non-hydrogen) atoms. The lowest BCUT2D eigenvalue weighted by atomic mass is 9.98. The Hall–Kier alpha value is -4.21. The standard InChI is InChI=1S/C25H25N5O5/c31-23(29-12-16(13-29)30-14-22(24(32)33)27-28-30)10-5-11-26-25(34)35-15-21-19-8-3-1-6-17(19)18-7-2-4-9-20(18)21/h1-4,6-9,14,16,21H,5,10-13,15H2,(H,26,34)(H,32,33). The number of nitrogens with zero attached hydrogens (tertiary/aromatic N) is 4. The molecule has 0 radical (unpaired) electrons. The molecule has 0 atom stereocenters. The van der Waals surface area contributed by atoms with E-state index >= 15 is 0 Å². The van der Waals surface area contributed by atoms with E-state index in [0.29, 0.717) is 32.5 Å². The predicted molar refractivity (Wildman–Crippen MR) is 125 cm³/mol. The van der Waals surface area contributed by atoms with Crippen LogP contribution in [0.25, 0.3) is 11.1 Å². The topological polar surface area (TPSA) is 127 Å². The molecular formula is C25H25N5O5. The molecular weight excluding hydrogens is 450 g/mol. The van der Waals surface area contributed by atoms with E-state index in [1.165, 1.54) is 22.0 Å². The van der Waals surface area contributed by atoms with Gasteiger partial charge >= 0.3 is 12.1 Å². The summed E-state index contributed by atoms with van der Waals surface area (Å²) >= 11 is 0. The molecule has 1 saturated heterocycles. The summed E-state index contributed by atoms with van der Waals surface area (Å²) in [4.78, 5) is 37.1. The molecule has 5 rings (SSSR count). The van der Waals surface area contributed by atoms with E-state index in [0.717, 1.165) is 11.1 Å². The number of likely N-dealkylation sites (tertiary alicyclic amines) is 1. The van der Waals surface area contributed by atoms with Gasteiger partial charge in [-0.3, -0.25) is 4.79 Å². The number of aromatic carboxylic acids is 1. The van der Waals surface area contributed by atoms with Crippen molar-refractivity contribution in [1.82, 2.24) is 25.2 Å². The molecule has 0 spiro atoms. The number of alkyl carbamates (subject to hydrolysis) is 1. The number of carbonyl (C=O) groups is 3. The van der Waals surface area contributed by atoms with E-state index in [2.05, 4.69) is 39.9 Å². The Kier molecular flexibility index (Phi) is 6.17. The molecule has 10 nitrogen and oxygen atoms in total. The second-order valence-electron chi connectivity index (χ2n) is 8.70. The first-order chi connectivity index (χ1) is 17.0. The van der Waals surface area contributed by atoms with Crippen molar-refractivity contribution < 1.29 is 24.2 Å². The maximum Gasteiger partial charge on any atom is 0.407 e. The Morgan fingerprint density at radius 1 is 1.03 bits per heavy atom. The van der Waals surface area contributed by atoms with E-state index in [4.69, 9.17) is 9.84 Å². The van der Waals surface area contributed by atoms with E-state index in [-0.39, 0.29) is 30.2 Å². The van der Waals surface area contributed by atoms with Crippen molar-refractivity contribution in [2.75, 3.05) is 26.2 Å². The van der Waals surface area contributed by atoms with Crippen molar-refractivity contribution in [1.29, 1.82) is 0 Å². The third kappa shape index (κ3) is 4.59. The zero-order chi connectivity index (χ0) is 24.4. The van der Waals surface area contributed by atoms with Crippen LogP contribution in [0.1, 0.15) is 46.4 Å². The number of carboxylic acid groups (broad SMARTS) is 1. The second-order valence-corrected chi connectivity index (χ2v) is 8.70. The lowest BCUT2D eigenvalue weighted by Crippen LogP contribution is -2.51. The summed E-state index contributed by atoms with van der Waals surface area (Å²) < 4.78 is 6.98. The Morgan fingerprint density at radius 2 is 1.69 bits per heavy atom. The van der Waals surface area contributed by atoms with E-state index < -0.39 is 12.1 Å². The van der Waals surface area contributed by atoms with Crippen LogP contribution in [0.15, 0.2) is 54.7 Å². The maximum absolute atomic E-state index is 12.3. The number of carbonyl (C=O) groups excluding carboxylic acids is 2. The van der Waals surface area contributed by atoms with Crippen LogP contribution in [0.3, 0.4) is 0 Å². The van der Waals surface area contributed by atoms with Gasteiger partial charge in [0.2, 0.25) is 5.91 Å². The van der Waals surface area contributed by atoms with E-state index in [1.807, 2.05) is 24.3 Å². The summed E-state index contributed by atoms with van der Waals surface area (Å²) in [6.07, 6.45) is 1.67. The highest BCUT2D eigenvalue weighted by Crippen LogP contribution is 2.44. The van der Waals surface area contributed by atoms with Gasteiger partial charge < -0.3 is 20.1 Å². The Morgan fingerprint density at radius 3 is 2.31 bits per heavy atom. The van der Waals surface area contributed by atoms with Crippen LogP contribution in [0.5, 0.6) is 0 Å².